The minimum absolute atomic E-state index is 0.356. The quantitative estimate of drug-likeness (QED) is 0.125. The molecule has 18 aromatic rings. The Morgan fingerprint density at radius 3 is 1.35 bits per heavy atom. The summed E-state index contributed by atoms with van der Waals surface area (Å²) in [5.41, 5.74) is 13.0. The van der Waals surface area contributed by atoms with Gasteiger partial charge in [0.1, 0.15) is 6.07 Å². The van der Waals surface area contributed by atoms with Gasteiger partial charge in [-0.25, -0.2) is 4.85 Å². The minimum atomic E-state index is 0.356. The van der Waals surface area contributed by atoms with E-state index >= 15 is 0 Å². The van der Waals surface area contributed by atoms with Gasteiger partial charge in [-0.1, -0.05) is 206 Å². The number of rotatable bonds is 5. The molecule has 0 bridgehead atoms. The monoisotopic (exact) mass is 1070 g/mol. The first-order valence-electron chi connectivity index (χ1n) is 27.9. The van der Waals surface area contributed by atoms with Gasteiger partial charge in [-0.05, 0) is 81.2 Å². The Hall–Kier alpha value is -11.2. The van der Waals surface area contributed by atoms with E-state index < -0.39 is 0 Å². The van der Waals surface area contributed by atoms with E-state index in [4.69, 9.17) is 4.85 Å². The number of para-hydroxylation sites is 6. The van der Waals surface area contributed by atoms with E-state index in [1.54, 1.807) is 11.3 Å². The molecule has 0 fully saturated rings. The maximum Gasteiger partial charge on any atom is 0.237 e. The van der Waals surface area contributed by atoms with E-state index in [9.17, 15) is 11.8 Å². The summed E-state index contributed by atoms with van der Waals surface area (Å²) in [4.78, 5) is 4.85. The third-order valence-corrected chi connectivity index (χ3v) is 18.8. The van der Waals surface area contributed by atoms with Gasteiger partial charge in [0, 0.05) is 58.6 Å². The fourth-order valence-electron chi connectivity index (χ4n) is 14.2. The second-order valence-corrected chi connectivity index (χ2v) is 22.7. The maximum absolute atomic E-state index is 12.8. The van der Waals surface area contributed by atoms with Gasteiger partial charge in [-0.3, -0.25) is 0 Å². The predicted octanol–water partition coefficient (Wildman–Crippen LogP) is 20.8. The van der Waals surface area contributed by atoms with Crippen LogP contribution in [-0.4, -0.2) is 18.3 Å². The Labute approximate surface area is 478 Å². The zero-order valence-electron chi connectivity index (χ0n) is 44.3. The first-order chi connectivity index (χ1) is 41.2. The third-order valence-electron chi connectivity index (χ3n) is 17.6. The second kappa shape index (κ2) is 17.1. The Kier molecular flexibility index (Phi) is 9.42. The number of aromatic nitrogens is 4. The molecule has 0 atom stereocenters. The van der Waals surface area contributed by atoms with Gasteiger partial charge in [-0.15, -0.1) is 11.3 Å². The maximum atomic E-state index is 12.8. The summed E-state index contributed by atoms with van der Waals surface area (Å²) < 4.78 is 11.6. The molecule has 0 unspecified atom stereocenters. The Morgan fingerprint density at radius 1 is 0.337 bits per heavy atom. The van der Waals surface area contributed by atoms with Crippen molar-refractivity contribution in [3.8, 4) is 39.9 Å². The topological polar surface area (TPSA) is 47.9 Å². The smallest absolute Gasteiger partial charge is 0.237 e. The number of thiophene rings is 1. The lowest BCUT2D eigenvalue weighted by Crippen LogP contribution is -2.14. The molecule has 0 aliphatic carbocycles. The third kappa shape index (κ3) is 6.13. The number of benzene rings is 13. The van der Waals surface area contributed by atoms with Crippen LogP contribution in [0.25, 0.3) is 168 Å². The van der Waals surface area contributed by atoms with Gasteiger partial charge in [0.15, 0.2) is 0 Å². The van der Waals surface area contributed by atoms with Crippen LogP contribution in [0.5, 0.6) is 0 Å². The van der Waals surface area contributed by atoms with Gasteiger partial charge >= 0.3 is 0 Å². The molecule has 7 heteroatoms. The van der Waals surface area contributed by atoms with Crippen LogP contribution in [-0.2, 0) is 0 Å². The molecular formula is C76H42N6S. The average Bonchev–Trinajstić information content (AvgIpc) is 1.79. The lowest BCUT2D eigenvalue weighted by Gasteiger charge is -2.27. The highest BCUT2D eigenvalue weighted by Crippen LogP contribution is 2.53. The Morgan fingerprint density at radius 2 is 0.783 bits per heavy atom. The normalized spacial score (nSPS) is 12.1. The van der Waals surface area contributed by atoms with E-state index in [-0.39, 0.29) is 0 Å². The van der Waals surface area contributed by atoms with Crippen LogP contribution in [0.3, 0.4) is 0 Å². The summed E-state index contributed by atoms with van der Waals surface area (Å²) in [7, 11) is 0. The summed E-state index contributed by atoms with van der Waals surface area (Å²) in [6, 6.07) is 94.1. The molecule has 6 nitrogen and oxygen atoms in total. The Bertz CT molecular complexity index is 5670. The van der Waals surface area contributed by atoms with Crippen molar-refractivity contribution in [1.29, 1.82) is 5.26 Å². The number of fused-ring (bicyclic) bond motifs is 19. The number of hydrogen-bond acceptors (Lipinski definition) is 2. The van der Waals surface area contributed by atoms with Gasteiger partial charge < -0.3 is 18.3 Å². The highest BCUT2D eigenvalue weighted by atomic mass is 32.1. The average molecular weight is 1070 g/mol. The molecule has 5 heterocycles. The number of nitrogens with zero attached hydrogens (tertiary/aromatic N) is 6. The van der Waals surface area contributed by atoms with Crippen LogP contribution in [0, 0.1) is 17.9 Å². The summed E-state index contributed by atoms with van der Waals surface area (Å²) in [6.45, 7) is 9.95. The van der Waals surface area contributed by atoms with Gasteiger partial charge in [0.25, 0.3) is 0 Å². The van der Waals surface area contributed by atoms with Crippen LogP contribution in [0.15, 0.2) is 255 Å². The van der Waals surface area contributed by atoms with Crippen molar-refractivity contribution in [3.05, 3.63) is 272 Å². The predicted molar refractivity (Wildman–Crippen MR) is 348 cm³/mol. The SMILES string of the molecule is [C-]#[N+]c1c(-n2c3ccccc3c3ccccc32)c(C#N)c(-n2c3ccccc3c3ccccc32)c(-n2c3cc(-c4cccc5c4ccc4ccccc45)ccc3c3ccc4c5ccccc5sc4c32)c1-n1c2ccccc2c2ccccc21. The van der Waals surface area contributed by atoms with Gasteiger partial charge in [0.2, 0.25) is 5.69 Å². The van der Waals surface area contributed by atoms with Crippen LogP contribution < -0.4 is 0 Å². The summed E-state index contributed by atoms with van der Waals surface area (Å²) >= 11 is 1.80. The molecule has 0 N–H and O–H groups in total. The standard InChI is InChI=1S/C76H42N6S/c1-78-70-71(79-62-30-11-4-21-51(62)52-22-5-12-31-63(52)79)61(44-77)72(80-64-32-13-6-23-53(64)54-24-7-14-33-65(54)80)75(74(70)81-66-34-15-8-25-55(66)56-26-9-16-35-67(56)81)82-68-43-46(48-28-18-29-49-47-20-3-2-19-45(47)37-39-50(48)49)38-40-57(68)59-41-42-60-58-27-10-17-36-69(58)83-76(60)73(59)82/h2-43H. The molecule has 5 aromatic heterocycles. The minimum Gasteiger partial charge on any atom is -0.318 e. The van der Waals surface area contributed by atoms with Crippen molar-refractivity contribution < 1.29 is 0 Å². The highest BCUT2D eigenvalue weighted by Gasteiger charge is 2.35. The van der Waals surface area contributed by atoms with Crippen LogP contribution in [0.4, 0.5) is 5.69 Å². The van der Waals surface area contributed by atoms with Crippen LogP contribution in [0.1, 0.15) is 5.56 Å². The van der Waals surface area contributed by atoms with E-state index in [0.29, 0.717) is 28.3 Å². The molecule has 0 saturated carbocycles. The van der Waals surface area contributed by atoms with E-state index in [0.717, 1.165) is 120 Å². The largest absolute Gasteiger partial charge is 0.318 e. The molecule has 0 spiro atoms. The zero-order chi connectivity index (χ0) is 54.6. The Balaban J connectivity index is 1.14. The summed E-state index contributed by atoms with van der Waals surface area (Å²) in [5.74, 6) is 0. The zero-order valence-corrected chi connectivity index (χ0v) is 45.2. The number of nitriles is 1. The fraction of sp³-hybridized carbons (Fsp3) is 0. The molecule has 0 aliphatic heterocycles. The van der Waals surface area contributed by atoms with Crippen LogP contribution >= 0.6 is 11.3 Å². The second-order valence-electron chi connectivity index (χ2n) is 21.6. The molecule has 382 valence electrons. The molecule has 0 aliphatic rings. The van der Waals surface area contributed by atoms with E-state index in [1.807, 2.05) is 0 Å². The first-order valence-corrected chi connectivity index (χ1v) is 28.8. The van der Waals surface area contributed by atoms with E-state index in [2.05, 4.69) is 279 Å². The van der Waals surface area contributed by atoms with Crippen molar-refractivity contribution in [3.63, 3.8) is 0 Å². The van der Waals surface area contributed by atoms with Crippen molar-refractivity contribution in [1.82, 2.24) is 18.3 Å². The highest BCUT2D eigenvalue weighted by molar-refractivity contribution is 7.26. The molecule has 0 amide bonds. The molecule has 0 saturated heterocycles. The summed E-state index contributed by atoms with van der Waals surface area (Å²) in [6.07, 6.45) is 0. The first kappa shape index (κ1) is 45.6. The van der Waals surface area contributed by atoms with Crippen molar-refractivity contribution in [2.75, 3.05) is 0 Å². The lowest BCUT2D eigenvalue weighted by atomic mass is 9.94. The van der Waals surface area contributed by atoms with Crippen LogP contribution in [0.2, 0.25) is 0 Å². The molecule has 13 aromatic carbocycles. The van der Waals surface area contributed by atoms with Crippen molar-refractivity contribution in [2.24, 2.45) is 0 Å². The molecule has 83 heavy (non-hydrogen) atoms. The van der Waals surface area contributed by atoms with E-state index in [1.165, 1.54) is 26.2 Å². The van der Waals surface area contributed by atoms with Gasteiger partial charge in [-0.2, -0.15) is 5.26 Å². The lowest BCUT2D eigenvalue weighted by molar-refractivity contribution is 1.04. The summed E-state index contributed by atoms with van der Waals surface area (Å²) in [5, 5.41) is 28.3. The number of hydrogen-bond donors (Lipinski definition) is 0. The molecular weight excluding hydrogens is 1030 g/mol. The van der Waals surface area contributed by atoms with Gasteiger partial charge in [0.05, 0.1) is 83.7 Å². The van der Waals surface area contributed by atoms with Crippen molar-refractivity contribution in [2.45, 2.75) is 0 Å². The molecule has 18 rings (SSSR count). The molecule has 0 radical (unpaired) electrons. The fourth-order valence-corrected chi connectivity index (χ4v) is 15.5. The van der Waals surface area contributed by atoms with Crippen molar-refractivity contribution >= 4 is 146 Å².